The van der Waals surface area contributed by atoms with Gasteiger partial charge in [-0.25, -0.2) is 8.42 Å². The number of sulfone groups is 1. The average Bonchev–Trinajstić information content (AvgIpc) is 2.29. The largest absolute Gasteiger partial charge is 0.223 e. The molecule has 1 atom stereocenters. The van der Waals surface area contributed by atoms with Gasteiger partial charge in [0.1, 0.15) is 0 Å². The van der Waals surface area contributed by atoms with Crippen molar-refractivity contribution in [2.45, 2.75) is 43.3 Å². The minimum atomic E-state index is -3.16. The van der Waals surface area contributed by atoms with Crippen LogP contribution in [0.25, 0.3) is 0 Å². The van der Waals surface area contributed by atoms with E-state index in [0.717, 1.165) is 17.3 Å². The first-order valence-corrected chi connectivity index (χ1v) is 8.46. The fourth-order valence-corrected chi connectivity index (χ4v) is 3.40. The molecule has 1 rings (SSSR count). The lowest BCUT2D eigenvalue weighted by molar-refractivity contribution is 0.587. The number of halogens is 1. The summed E-state index contributed by atoms with van der Waals surface area (Å²) in [4.78, 5) is 0.437. The molecule has 0 saturated heterocycles. The molecule has 0 N–H and O–H groups in total. The predicted octanol–water partition coefficient (Wildman–Crippen LogP) is 3.76. The summed E-state index contributed by atoms with van der Waals surface area (Å²) >= 11 is 3.41. The van der Waals surface area contributed by atoms with Crippen molar-refractivity contribution in [1.82, 2.24) is 0 Å². The summed E-state index contributed by atoms with van der Waals surface area (Å²) in [6.45, 7) is 5.54. The zero-order valence-corrected chi connectivity index (χ0v) is 12.9. The molecular weight excluding hydrogens is 300 g/mol. The minimum Gasteiger partial charge on any atom is -0.223 e. The van der Waals surface area contributed by atoms with Gasteiger partial charge in [0.05, 0.1) is 10.1 Å². The van der Waals surface area contributed by atoms with Crippen LogP contribution in [0.2, 0.25) is 0 Å². The maximum absolute atomic E-state index is 12.1. The molecule has 0 saturated carbocycles. The summed E-state index contributed by atoms with van der Waals surface area (Å²) in [5, 5.41) is 0.555. The highest BCUT2D eigenvalue weighted by Crippen LogP contribution is 2.24. The molecule has 0 radical (unpaired) electrons. The molecule has 1 unspecified atom stereocenters. The van der Waals surface area contributed by atoms with E-state index in [1.165, 1.54) is 0 Å². The molecule has 17 heavy (non-hydrogen) atoms. The van der Waals surface area contributed by atoms with Crippen molar-refractivity contribution in [3.05, 3.63) is 29.8 Å². The van der Waals surface area contributed by atoms with Crippen molar-refractivity contribution in [3.8, 4) is 0 Å². The molecular formula is C13H19BrO2S. The molecule has 0 heterocycles. The first kappa shape index (κ1) is 14.7. The molecule has 0 aromatic heterocycles. The van der Waals surface area contributed by atoms with E-state index < -0.39 is 9.84 Å². The Balaban J connectivity index is 3.10. The number of hydrogen-bond donors (Lipinski definition) is 0. The average molecular weight is 319 g/mol. The molecule has 0 amide bonds. The van der Waals surface area contributed by atoms with Gasteiger partial charge in [-0.05, 0) is 43.9 Å². The summed E-state index contributed by atoms with van der Waals surface area (Å²) in [5.41, 5.74) is 1.09. The van der Waals surface area contributed by atoms with Crippen molar-refractivity contribution in [3.63, 3.8) is 0 Å². The molecule has 1 aromatic rings. The lowest BCUT2D eigenvalue weighted by Crippen LogP contribution is -2.14. The van der Waals surface area contributed by atoms with Crippen LogP contribution in [-0.2, 0) is 9.84 Å². The van der Waals surface area contributed by atoms with Gasteiger partial charge in [-0.15, -0.1) is 0 Å². The van der Waals surface area contributed by atoms with Crippen LogP contribution < -0.4 is 0 Å². The molecule has 1 aromatic carbocycles. The van der Waals surface area contributed by atoms with E-state index in [2.05, 4.69) is 22.9 Å². The van der Waals surface area contributed by atoms with Gasteiger partial charge in [0.2, 0.25) is 0 Å². The number of rotatable bonds is 5. The second-order valence-electron chi connectivity index (χ2n) is 4.54. The fraction of sp³-hybridized carbons (Fsp3) is 0.538. The van der Waals surface area contributed by atoms with E-state index in [1.54, 1.807) is 19.9 Å². The molecule has 4 heteroatoms. The Kier molecular flexibility index (Phi) is 5.20. The molecule has 96 valence electrons. The smallest absolute Gasteiger partial charge is 0.180 e. The van der Waals surface area contributed by atoms with Crippen molar-refractivity contribution >= 4 is 25.8 Å². The lowest BCUT2D eigenvalue weighted by Gasteiger charge is -2.13. The quantitative estimate of drug-likeness (QED) is 0.775. The van der Waals surface area contributed by atoms with Crippen molar-refractivity contribution in [2.24, 2.45) is 0 Å². The molecule has 0 bridgehead atoms. The number of benzene rings is 1. The van der Waals surface area contributed by atoms with Crippen LogP contribution in [0.15, 0.2) is 29.2 Å². The summed E-state index contributed by atoms with van der Waals surface area (Å²) in [6, 6.07) is 7.31. The second-order valence-corrected chi connectivity index (χ2v) is 7.84. The van der Waals surface area contributed by atoms with Gasteiger partial charge in [0.25, 0.3) is 0 Å². The summed E-state index contributed by atoms with van der Waals surface area (Å²) in [7, 11) is -3.16. The van der Waals surface area contributed by atoms with Crippen LogP contribution in [0.4, 0.5) is 0 Å². The van der Waals surface area contributed by atoms with Crippen LogP contribution in [0.5, 0.6) is 0 Å². The zero-order chi connectivity index (χ0) is 13.1. The zero-order valence-electron chi connectivity index (χ0n) is 10.5. The highest BCUT2D eigenvalue weighted by Gasteiger charge is 2.19. The highest BCUT2D eigenvalue weighted by atomic mass is 79.9. The number of alkyl halides is 1. The maximum Gasteiger partial charge on any atom is 0.180 e. The van der Waals surface area contributed by atoms with Crippen LogP contribution >= 0.6 is 15.9 Å². The maximum atomic E-state index is 12.1. The number of hydrogen-bond acceptors (Lipinski definition) is 2. The Hall–Kier alpha value is -0.350. The van der Waals surface area contributed by atoms with E-state index in [0.29, 0.717) is 10.8 Å². The third-order valence-corrected chi connectivity index (χ3v) is 5.53. The van der Waals surface area contributed by atoms with Crippen LogP contribution in [0, 0.1) is 0 Å². The normalized spacial score (nSPS) is 13.9. The Morgan fingerprint density at radius 2 is 1.88 bits per heavy atom. The first-order valence-electron chi connectivity index (χ1n) is 5.79. The van der Waals surface area contributed by atoms with Crippen molar-refractivity contribution in [1.29, 1.82) is 0 Å². The first-order chi connectivity index (χ1) is 7.89. The van der Waals surface area contributed by atoms with E-state index in [1.807, 2.05) is 18.2 Å². The van der Waals surface area contributed by atoms with Crippen molar-refractivity contribution < 1.29 is 8.42 Å². The van der Waals surface area contributed by atoms with Gasteiger partial charge in [-0.3, -0.25) is 0 Å². The van der Waals surface area contributed by atoms with Gasteiger partial charge >= 0.3 is 0 Å². The fourth-order valence-electron chi connectivity index (χ4n) is 1.60. The van der Waals surface area contributed by atoms with Gasteiger partial charge in [0.15, 0.2) is 9.84 Å². The minimum absolute atomic E-state index is 0.371. The molecule has 0 aliphatic carbocycles. The lowest BCUT2D eigenvalue weighted by atomic mass is 9.99. The van der Waals surface area contributed by atoms with E-state index in [4.69, 9.17) is 0 Å². The van der Waals surface area contributed by atoms with Gasteiger partial charge in [-0.2, -0.15) is 0 Å². The topological polar surface area (TPSA) is 34.1 Å². The van der Waals surface area contributed by atoms with Gasteiger partial charge < -0.3 is 0 Å². The Morgan fingerprint density at radius 1 is 1.24 bits per heavy atom. The van der Waals surface area contributed by atoms with Crippen LogP contribution in [0.1, 0.15) is 38.7 Å². The summed E-state index contributed by atoms with van der Waals surface area (Å²) < 4.78 is 24.1. The second kappa shape index (κ2) is 6.01. The standard InChI is InChI=1S/C13H19BrO2S/c1-10(2)17(15,16)13-6-4-5-12(9-13)11(3)7-8-14/h4-6,9-11H,7-8H2,1-3H3. The van der Waals surface area contributed by atoms with Crippen molar-refractivity contribution in [2.75, 3.05) is 5.33 Å². The van der Waals surface area contributed by atoms with E-state index >= 15 is 0 Å². The highest BCUT2D eigenvalue weighted by molar-refractivity contribution is 9.09. The van der Waals surface area contributed by atoms with Gasteiger partial charge in [0, 0.05) is 5.33 Å². The molecule has 2 nitrogen and oxygen atoms in total. The van der Waals surface area contributed by atoms with Crippen LogP contribution in [-0.4, -0.2) is 19.0 Å². The molecule has 0 aliphatic rings. The SMILES string of the molecule is CC(CCBr)c1cccc(S(=O)(=O)C(C)C)c1. The molecule has 0 aliphatic heterocycles. The molecule has 0 fully saturated rings. The Labute approximate surface area is 112 Å². The summed E-state index contributed by atoms with van der Waals surface area (Å²) in [5.74, 6) is 0.372. The Morgan fingerprint density at radius 3 is 2.41 bits per heavy atom. The summed E-state index contributed by atoms with van der Waals surface area (Å²) in [6.07, 6.45) is 1.01. The predicted molar refractivity (Wildman–Crippen MR) is 75.6 cm³/mol. The Bertz CT molecular complexity index is 466. The van der Waals surface area contributed by atoms with E-state index in [-0.39, 0.29) is 5.25 Å². The molecule has 0 spiro atoms. The third-order valence-electron chi connectivity index (χ3n) is 2.92. The van der Waals surface area contributed by atoms with E-state index in [9.17, 15) is 8.42 Å². The monoisotopic (exact) mass is 318 g/mol. The van der Waals surface area contributed by atoms with Crippen LogP contribution in [0.3, 0.4) is 0 Å². The van der Waals surface area contributed by atoms with Gasteiger partial charge in [-0.1, -0.05) is 35.0 Å². The third kappa shape index (κ3) is 3.55.